The van der Waals surface area contributed by atoms with E-state index in [2.05, 4.69) is 10.1 Å². The van der Waals surface area contributed by atoms with E-state index >= 15 is 0 Å². The van der Waals surface area contributed by atoms with Crippen LogP contribution in [0.25, 0.3) is 0 Å². The van der Waals surface area contributed by atoms with Crippen LogP contribution in [-0.2, 0) is 16.1 Å². The zero-order chi connectivity index (χ0) is 15.1. The van der Waals surface area contributed by atoms with Gasteiger partial charge in [-0.15, -0.1) is 0 Å². The van der Waals surface area contributed by atoms with E-state index in [1.165, 1.54) is 16.8 Å². The van der Waals surface area contributed by atoms with E-state index in [9.17, 15) is 19.7 Å². The number of nitro groups is 1. The Morgan fingerprint density at radius 3 is 2.70 bits per heavy atom. The van der Waals surface area contributed by atoms with Crippen molar-refractivity contribution in [3.8, 4) is 0 Å². The molecule has 8 heteroatoms. The molecule has 0 fully saturated rings. The topological polar surface area (TPSA) is 103 Å². The van der Waals surface area contributed by atoms with Crippen molar-refractivity contribution < 1.29 is 19.2 Å². The van der Waals surface area contributed by atoms with E-state index in [0.717, 1.165) is 6.42 Å². The van der Waals surface area contributed by atoms with Crippen LogP contribution < -0.4 is 5.32 Å². The molecule has 0 aliphatic rings. The molecule has 1 rings (SSSR count). The quantitative estimate of drug-likeness (QED) is 0.458. The van der Waals surface area contributed by atoms with Crippen LogP contribution in [0.15, 0.2) is 12.3 Å². The minimum Gasteiger partial charge on any atom is -0.465 e. The van der Waals surface area contributed by atoms with E-state index in [-0.39, 0.29) is 24.5 Å². The Balaban J connectivity index is 2.80. The molecule has 1 aromatic heterocycles. The van der Waals surface area contributed by atoms with Crippen LogP contribution in [0.5, 0.6) is 0 Å². The standard InChI is InChI=1S/C12H17N3O5/c1-3-5-14-8-9(15(18)19)6-10(14)12(17)13-7-11(16)20-4-2/h6,8H,3-5,7H2,1-2H3,(H,13,17). The van der Waals surface area contributed by atoms with Crippen molar-refractivity contribution in [1.82, 2.24) is 9.88 Å². The van der Waals surface area contributed by atoms with Crippen LogP contribution >= 0.6 is 0 Å². The fourth-order valence-corrected chi connectivity index (χ4v) is 1.67. The van der Waals surface area contributed by atoms with Crippen LogP contribution in [0.2, 0.25) is 0 Å². The number of hydrogen-bond donors (Lipinski definition) is 1. The van der Waals surface area contributed by atoms with Crippen molar-refractivity contribution in [3.05, 3.63) is 28.1 Å². The summed E-state index contributed by atoms with van der Waals surface area (Å²) in [5.41, 5.74) is 0.00239. The van der Waals surface area contributed by atoms with Crippen molar-refractivity contribution in [2.75, 3.05) is 13.2 Å². The molecule has 8 nitrogen and oxygen atoms in total. The van der Waals surface area contributed by atoms with Crippen LogP contribution in [-0.4, -0.2) is 34.5 Å². The van der Waals surface area contributed by atoms with Crippen LogP contribution in [0, 0.1) is 10.1 Å². The summed E-state index contributed by atoms with van der Waals surface area (Å²) in [6.07, 6.45) is 2.03. The Morgan fingerprint density at radius 1 is 1.45 bits per heavy atom. The van der Waals surface area contributed by atoms with Crippen molar-refractivity contribution in [2.45, 2.75) is 26.8 Å². The first-order chi connectivity index (χ1) is 9.49. The Morgan fingerprint density at radius 2 is 2.15 bits per heavy atom. The van der Waals surface area contributed by atoms with Crippen LogP contribution in [0.4, 0.5) is 5.69 Å². The summed E-state index contributed by atoms with van der Waals surface area (Å²) in [6, 6.07) is 1.19. The Bertz CT molecular complexity index is 509. The lowest BCUT2D eigenvalue weighted by Gasteiger charge is -2.07. The van der Waals surface area contributed by atoms with Gasteiger partial charge in [0.15, 0.2) is 0 Å². The molecule has 110 valence electrons. The summed E-state index contributed by atoms with van der Waals surface area (Å²) in [5, 5.41) is 13.1. The number of carbonyl (C=O) groups is 2. The third-order valence-electron chi connectivity index (χ3n) is 2.49. The fraction of sp³-hybridized carbons (Fsp3) is 0.500. The molecule has 1 N–H and O–H groups in total. The molecule has 0 atom stereocenters. The number of aromatic nitrogens is 1. The van der Waals surface area contributed by atoms with Crippen molar-refractivity contribution in [3.63, 3.8) is 0 Å². The zero-order valence-electron chi connectivity index (χ0n) is 11.4. The summed E-state index contributed by atoms with van der Waals surface area (Å²) >= 11 is 0. The summed E-state index contributed by atoms with van der Waals surface area (Å²) in [4.78, 5) is 33.2. The van der Waals surface area contributed by atoms with Gasteiger partial charge in [-0.05, 0) is 13.3 Å². The number of carbonyl (C=O) groups excluding carboxylic acids is 2. The van der Waals surface area contributed by atoms with Gasteiger partial charge < -0.3 is 14.6 Å². The van der Waals surface area contributed by atoms with Crippen LogP contribution in [0.3, 0.4) is 0 Å². The number of rotatable bonds is 7. The first-order valence-electron chi connectivity index (χ1n) is 6.28. The second-order valence-corrected chi connectivity index (χ2v) is 4.02. The zero-order valence-corrected chi connectivity index (χ0v) is 11.4. The number of ether oxygens (including phenoxy) is 1. The second-order valence-electron chi connectivity index (χ2n) is 4.02. The highest BCUT2D eigenvalue weighted by Gasteiger charge is 2.19. The number of aryl methyl sites for hydroxylation is 1. The van der Waals surface area contributed by atoms with Gasteiger partial charge in [0.05, 0.1) is 17.7 Å². The SMILES string of the molecule is CCCn1cc([N+](=O)[O-])cc1C(=O)NCC(=O)OCC. The summed E-state index contributed by atoms with van der Waals surface area (Å²) in [6.45, 7) is 4.00. The average molecular weight is 283 g/mol. The lowest BCUT2D eigenvalue weighted by molar-refractivity contribution is -0.384. The number of nitrogens with zero attached hydrogens (tertiary/aromatic N) is 2. The van der Waals surface area contributed by atoms with Crippen LogP contribution in [0.1, 0.15) is 30.8 Å². The maximum atomic E-state index is 11.9. The van der Waals surface area contributed by atoms with Gasteiger partial charge in [-0.1, -0.05) is 6.92 Å². The highest BCUT2D eigenvalue weighted by Crippen LogP contribution is 2.16. The first-order valence-corrected chi connectivity index (χ1v) is 6.28. The second kappa shape index (κ2) is 7.27. The Hall–Kier alpha value is -2.38. The molecule has 1 amide bonds. The summed E-state index contributed by atoms with van der Waals surface area (Å²) < 4.78 is 6.18. The number of hydrogen-bond acceptors (Lipinski definition) is 5. The molecular weight excluding hydrogens is 266 g/mol. The maximum Gasteiger partial charge on any atom is 0.325 e. The van der Waals surface area contributed by atoms with Crippen molar-refractivity contribution >= 4 is 17.6 Å². The molecular formula is C12H17N3O5. The predicted molar refractivity (Wildman–Crippen MR) is 70.3 cm³/mol. The Kier molecular flexibility index (Phi) is 5.70. The Labute approximate surface area is 115 Å². The minimum atomic E-state index is -0.561. The fourth-order valence-electron chi connectivity index (χ4n) is 1.67. The van der Waals surface area contributed by atoms with Crippen molar-refractivity contribution in [1.29, 1.82) is 0 Å². The third kappa shape index (κ3) is 4.08. The van der Waals surface area contributed by atoms with E-state index in [4.69, 9.17) is 0 Å². The third-order valence-corrected chi connectivity index (χ3v) is 2.49. The number of amides is 1. The lowest BCUT2D eigenvalue weighted by atomic mass is 10.3. The van der Waals surface area contributed by atoms with Gasteiger partial charge in [0, 0.05) is 12.6 Å². The maximum absolute atomic E-state index is 11.9. The molecule has 0 aliphatic carbocycles. The van der Waals surface area contributed by atoms with Gasteiger partial charge in [-0.25, -0.2) is 0 Å². The highest BCUT2D eigenvalue weighted by molar-refractivity contribution is 5.95. The molecule has 0 aliphatic heterocycles. The summed E-state index contributed by atoms with van der Waals surface area (Å²) in [5.74, 6) is -1.09. The summed E-state index contributed by atoms with van der Waals surface area (Å²) in [7, 11) is 0. The molecule has 1 heterocycles. The molecule has 0 unspecified atom stereocenters. The van der Waals surface area contributed by atoms with E-state index in [0.29, 0.717) is 6.54 Å². The molecule has 0 radical (unpaired) electrons. The molecule has 0 bridgehead atoms. The monoisotopic (exact) mass is 283 g/mol. The van der Waals surface area contributed by atoms with Gasteiger partial charge in [0.1, 0.15) is 12.2 Å². The largest absolute Gasteiger partial charge is 0.465 e. The van der Waals surface area contributed by atoms with Crippen molar-refractivity contribution in [2.24, 2.45) is 0 Å². The molecule has 1 aromatic rings. The lowest BCUT2D eigenvalue weighted by Crippen LogP contribution is -2.32. The van der Waals surface area contributed by atoms with Gasteiger partial charge in [0.2, 0.25) is 0 Å². The van der Waals surface area contributed by atoms with E-state index < -0.39 is 16.8 Å². The molecule has 20 heavy (non-hydrogen) atoms. The highest BCUT2D eigenvalue weighted by atomic mass is 16.6. The minimum absolute atomic E-state index is 0.153. The van der Waals surface area contributed by atoms with Gasteiger partial charge in [0.25, 0.3) is 11.6 Å². The predicted octanol–water partition coefficient (Wildman–Crippen LogP) is 1.10. The van der Waals surface area contributed by atoms with E-state index in [1.54, 1.807) is 6.92 Å². The van der Waals surface area contributed by atoms with Gasteiger partial charge >= 0.3 is 5.97 Å². The normalized spacial score (nSPS) is 10.1. The molecule has 0 aromatic carbocycles. The molecule has 0 saturated heterocycles. The molecule has 0 saturated carbocycles. The van der Waals surface area contributed by atoms with Gasteiger partial charge in [-0.2, -0.15) is 0 Å². The van der Waals surface area contributed by atoms with Gasteiger partial charge in [-0.3, -0.25) is 19.7 Å². The number of nitrogens with one attached hydrogen (secondary N) is 1. The average Bonchev–Trinajstić information content (AvgIpc) is 2.81. The smallest absolute Gasteiger partial charge is 0.325 e. The van der Waals surface area contributed by atoms with E-state index in [1.807, 2.05) is 6.92 Å². The number of esters is 1. The molecule has 0 spiro atoms. The first kappa shape index (κ1) is 15.7.